The molecule has 1 rings (SSSR count). The van der Waals surface area contributed by atoms with Gasteiger partial charge in [0.15, 0.2) is 5.03 Å². The molecule has 2 N–H and O–H groups in total. The molecule has 0 bridgehead atoms. The molecule has 1 aromatic rings. The number of aryl methyl sites for hydroxylation is 1. The Hall–Kier alpha value is -0.880. The van der Waals surface area contributed by atoms with E-state index in [9.17, 15) is 8.42 Å². The Labute approximate surface area is 96.7 Å². The maximum Gasteiger partial charge on any atom is 0.255 e. The van der Waals surface area contributed by atoms with Gasteiger partial charge < -0.3 is 0 Å². The molecule has 0 fully saturated rings. The van der Waals surface area contributed by atoms with Crippen LogP contribution in [0.2, 0.25) is 0 Å². The minimum atomic E-state index is -3.69. The van der Waals surface area contributed by atoms with E-state index in [1.54, 1.807) is 6.07 Å². The van der Waals surface area contributed by atoms with Crippen LogP contribution < -0.4 is 5.14 Å². The minimum Gasteiger partial charge on any atom is -0.253 e. The standard InChI is InChI=1S/C10H19N3O2S/c1-5-6-13-9(16(11,14)15)7-8(12-13)10(2,3)4/h7H,5-6H2,1-4H3,(H2,11,14,15). The summed E-state index contributed by atoms with van der Waals surface area (Å²) in [5.41, 5.74) is 0.559. The normalized spacial score (nSPS) is 13.1. The average Bonchev–Trinajstić information content (AvgIpc) is 2.46. The van der Waals surface area contributed by atoms with Crippen LogP contribution in [-0.2, 0) is 22.0 Å². The molecule has 0 unspecified atom stereocenters. The van der Waals surface area contributed by atoms with Gasteiger partial charge in [0.25, 0.3) is 10.0 Å². The van der Waals surface area contributed by atoms with Crippen LogP contribution in [0.3, 0.4) is 0 Å². The highest BCUT2D eigenvalue weighted by molar-refractivity contribution is 7.89. The van der Waals surface area contributed by atoms with Crippen molar-refractivity contribution in [1.29, 1.82) is 0 Å². The fraction of sp³-hybridized carbons (Fsp3) is 0.700. The summed E-state index contributed by atoms with van der Waals surface area (Å²) in [5.74, 6) is 0. The first-order chi connectivity index (χ1) is 7.16. The van der Waals surface area contributed by atoms with Crippen LogP contribution in [-0.4, -0.2) is 18.2 Å². The van der Waals surface area contributed by atoms with E-state index in [1.807, 2.05) is 27.7 Å². The lowest BCUT2D eigenvalue weighted by molar-refractivity contribution is 0.504. The Morgan fingerprint density at radius 3 is 2.38 bits per heavy atom. The zero-order valence-corrected chi connectivity index (χ0v) is 11.0. The maximum absolute atomic E-state index is 11.4. The molecule has 0 radical (unpaired) electrons. The van der Waals surface area contributed by atoms with E-state index < -0.39 is 10.0 Å². The molecule has 0 saturated heterocycles. The Bertz CT molecular complexity index is 469. The van der Waals surface area contributed by atoms with Crippen LogP contribution >= 0.6 is 0 Å². The van der Waals surface area contributed by atoms with E-state index in [0.717, 1.165) is 12.1 Å². The Balaban J connectivity index is 3.32. The van der Waals surface area contributed by atoms with Gasteiger partial charge in [0.05, 0.1) is 5.69 Å². The summed E-state index contributed by atoms with van der Waals surface area (Å²) >= 11 is 0. The summed E-state index contributed by atoms with van der Waals surface area (Å²) in [6.07, 6.45) is 0.813. The highest BCUT2D eigenvalue weighted by Gasteiger charge is 2.23. The van der Waals surface area contributed by atoms with Crippen LogP contribution in [0, 0.1) is 0 Å². The molecule has 0 amide bonds. The van der Waals surface area contributed by atoms with Crippen molar-refractivity contribution < 1.29 is 8.42 Å². The number of sulfonamides is 1. The van der Waals surface area contributed by atoms with Crippen LogP contribution in [0.25, 0.3) is 0 Å². The van der Waals surface area contributed by atoms with Gasteiger partial charge >= 0.3 is 0 Å². The smallest absolute Gasteiger partial charge is 0.253 e. The van der Waals surface area contributed by atoms with Gasteiger partial charge in [-0.15, -0.1) is 0 Å². The first-order valence-corrected chi connectivity index (χ1v) is 6.82. The second kappa shape index (κ2) is 4.18. The van der Waals surface area contributed by atoms with Crippen LogP contribution in [0.15, 0.2) is 11.1 Å². The third kappa shape index (κ3) is 2.82. The van der Waals surface area contributed by atoms with Gasteiger partial charge in [0.2, 0.25) is 0 Å². The second-order valence-corrected chi connectivity index (χ2v) is 6.39. The van der Waals surface area contributed by atoms with Crippen molar-refractivity contribution in [1.82, 2.24) is 9.78 Å². The molecule has 0 atom stereocenters. The van der Waals surface area contributed by atoms with Gasteiger partial charge in [0.1, 0.15) is 0 Å². The van der Waals surface area contributed by atoms with Crippen molar-refractivity contribution in [3.63, 3.8) is 0 Å². The van der Waals surface area contributed by atoms with Gasteiger partial charge in [-0.1, -0.05) is 27.7 Å². The summed E-state index contributed by atoms with van der Waals surface area (Å²) in [6.45, 7) is 8.48. The van der Waals surface area contributed by atoms with E-state index in [0.29, 0.717) is 6.54 Å². The van der Waals surface area contributed by atoms with Crippen molar-refractivity contribution >= 4 is 10.0 Å². The molecule has 16 heavy (non-hydrogen) atoms. The summed E-state index contributed by atoms with van der Waals surface area (Å²) in [6, 6.07) is 1.56. The van der Waals surface area contributed by atoms with E-state index in [4.69, 9.17) is 5.14 Å². The number of rotatable bonds is 3. The lowest BCUT2D eigenvalue weighted by atomic mass is 9.93. The maximum atomic E-state index is 11.4. The van der Waals surface area contributed by atoms with Crippen LogP contribution in [0.1, 0.15) is 39.8 Å². The van der Waals surface area contributed by atoms with E-state index in [2.05, 4.69) is 5.10 Å². The van der Waals surface area contributed by atoms with Crippen molar-refractivity contribution in [3.05, 3.63) is 11.8 Å². The van der Waals surface area contributed by atoms with E-state index >= 15 is 0 Å². The Morgan fingerprint density at radius 2 is 2.00 bits per heavy atom. The Kier molecular flexibility index (Phi) is 3.44. The number of hydrogen-bond acceptors (Lipinski definition) is 3. The summed E-state index contributed by atoms with van der Waals surface area (Å²) in [4.78, 5) is 0. The van der Waals surface area contributed by atoms with Crippen molar-refractivity contribution in [2.24, 2.45) is 5.14 Å². The molecule has 0 saturated carbocycles. The fourth-order valence-electron chi connectivity index (χ4n) is 1.37. The molecule has 1 aromatic heterocycles. The molecule has 92 valence electrons. The number of nitrogens with zero attached hydrogens (tertiary/aromatic N) is 2. The number of aromatic nitrogens is 2. The molecular weight excluding hydrogens is 226 g/mol. The lowest BCUT2D eigenvalue weighted by Crippen LogP contribution is -2.18. The third-order valence-corrected chi connectivity index (χ3v) is 3.15. The Morgan fingerprint density at radius 1 is 1.44 bits per heavy atom. The molecule has 5 nitrogen and oxygen atoms in total. The first-order valence-electron chi connectivity index (χ1n) is 5.27. The predicted molar refractivity (Wildman–Crippen MR) is 62.6 cm³/mol. The highest BCUT2D eigenvalue weighted by Crippen LogP contribution is 2.23. The summed E-state index contributed by atoms with van der Waals surface area (Å²) in [7, 11) is -3.69. The molecule has 1 heterocycles. The molecule has 0 spiro atoms. The molecule has 0 aromatic carbocycles. The van der Waals surface area contributed by atoms with Crippen molar-refractivity contribution in [2.75, 3.05) is 0 Å². The SMILES string of the molecule is CCCn1nc(C(C)(C)C)cc1S(N)(=O)=O. The van der Waals surface area contributed by atoms with Crippen molar-refractivity contribution in [2.45, 2.75) is 51.1 Å². The zero-order chi connectivity index (χ0) is 12.6. The van der Waals surface area contributed by atoms with Crippen molar-refractivity contribution in [3.8, 4) is 0 Å². The summed E-state index contributed by atoms with van der Waals surface area (Å²) < 4.78 is 24.2. The summed E-state index contributed by atoms with van der Waals surface area (Å²) in [5, 5.41) is 9.55. The van der Waals surface area contributed by atoms with Gasteiger partial charge in [-0.05, 0) is 6.42 Å². The van der Waals surface area contributed by atoms with Crippen LogP contribution in [0.5, 0.6) is 0 Å². The first kappa shape index (κ1) is 13.2. The largest absolute Gasteiger partial charge is 0.255 e. The fourth-order valence-corrected chi connectivity index (χ4v) is 2.07. The van der Waals surface area contributed by atoms with E-state index in [1.165, 1.54) is 4.68 Å². The number of hydrogen-bond donors (Lipinski definition) is 1. The zero-order valence-electron chi connectivity index (χ0n) is 10.2. The second-order valence-electron chi connectivity index (χ2n) is 4.89. The molecular formula is C10H19N3O2S. The number of primary sulfonamides is 1. The number of nitrogens with two attached hydrogens (primary N) is 1. The highest BCUT2D eigenvalue weighted by atomic mass is 32.2. The third-order valence-electron chi connectivity index (χ3n) is 2.24. The topological polar surface area (TPSA) is 78.0 Å². The molecule has 0 aliphatic carbocycles. The quantitative estimate of drug-likeness (QED) is 0.870. The predicted octanol–water partition coefficient (Wildman–Crippen LogP) is 1.24. The lowest BCUT2D eigenvalue weighted by Gasteiger charge is -2.14. The van der Waals surface area contributed by atoms with Gasteiger partial charge in [-0.3, -0.25) is 4.68 Å². The molecule has 0 aliphatic rings. The minimum absolute atomic E-state index is 0.0966. The van der Waals surface area contributed by atoms with Gasteiger partial charge in [-0.2, -0.15) is 5.10 Å². The molecule has 0 aliphatic heterocycles. The molecule has 6 heteroatoms. The average molecular weight is 245 g/mol. The van der Waals surface area contributed by atoms with Crippen LogP contribution in [0.4, 0.5) is 0 Å². The van der Waals surface area contributed by atoms with Gasteiger partial charge in [-0.25, -0.2) is 13.6 Å². The van der Waals surface area contributed by atoms with Gasteiger partial charge in [0, 0.05) is 18.0 Å². The van der Waals surface area contributed by atoms with E-state index in [-0.39, 0.29) is 10.4 Å². The monoisotopic (exact) mass is 245 g/mol.